The van der Waals surface area contributed by atoms with Crippen LogP contribution in [0.25, 0.3) is 6.08 Å². The predicted octanol–water partition coefficient (Wildman–Crippen LogP) is 6.38. The Balaban J connectivity index is 1.34. The normalized spacial score (nSPS) is 12.9. The number of ether oxygens (including phenoxy) is 3. The molecule has 1 atom stereocenters. The summed E-state index contributed by atoms with van der Waals surface area (Å²) in [6.45, 7) is 4.23. The van der Waals surface area contributed by atoms with E-state index >= 15 is 0 Å². The van der Waals surface area contributed by atoms with Crippen molar-refractivity contribution in [1.82, 2.24) is 10.2 Å². The lowest BCUT2D eigenvalue weighted by Gasteiger charge is -2.25. The number of nitrogens with one attached hydrogen (secondary N) is 3. The number of anilines is 2. The fourth-order valence-corrected chi connectivity index (χ4v) is 7.92. The van der Waals surface area contributed by atoms with Gasteiger partial charge in [0.25, 0.3) is 11.8 Å². The molecular formula is C39H40N4O8S2. The van der Waals surface area contributed by atoms with Crippen LogP contribution in [0.4, 0.5) is 10.7 Å². The van der Waals surface area contributed by atoms with Crippen LogP contribution < -0.4 is 25.4 Å². The van der Waals surface area contributed by atoms with E-state index in [0.29, 0.717) is 69.7 Å². The van der Waals surface area contributed by atoms with Crippen LogP contribution in [0.2, 0.25) is 0 Å². The van der Waals surface area contributed by atoms with Crippen LogP contribution in [0.1, 0.15) is 57.0 Å². The van der Waals surface area contributed by atoms with Gasteiger partial charge in [-0.05, 0) is 72.5 Å². The maximum Gasteiger partial charge on any atom is 0.341 e. The molecule has 3 aromatic carbocycles. The molecule has 4 amide bonds. The van der Waals surface area contributed by atoms with Gasteiger partial charge in [-0.15, -0.1) is 23.1 Å². The summed E-state index contributed by atoms with van der Waals surface area (Å²) < 4.78 is 15.8. The summed E-state index contributed by atoms with van der Waals surface area (Å²) in [7, 11) is 4.33. The third-order valence-electron chi connectivity index (χ3n) is 8.41. The van der Waals surface area contributed by atoms with Crippen molar-refractivity contribution >= 4 is 69.5 Å². The van der Waals surface area contributed by atoms with Crippen LogP contribution in [-0.4, -0.2) is 67.6 Å². The van der Waals surface area contributed by atoms with E-state index in [9.17, 15) is 24.0 Å². The molecule has 1 aromatic heterocycles. The first-order valence-corrected chi connectivity index (χ1v) is 18.4. The number of amides is 4. The summed E-state index contributed by atoms with van der Waals surface area (Å²) in [5.74, 6) is -0.980. The monoisotopic (exact) mass is 756 g/mol. The van der Waals surface area contributed by atoms with Crippen molar-refractivity contribution in [2.24, 2.45) is 0 Å². The highest BCUT2D eigenvalue weighted by atomic mass is 32.2. The van der Waals surface area contributed by atoms with E-state index in [1.165, 1.54) is 57.4 Å². The number of hydrogen-bond donors (Lipinski definition) is 3. The van der Waals surface area contributed by atoms with Gasteiger partial charge in [-0.3, -0.25) is 19.2 Å². The summed E-state index contributed by atoms with van der Waals surface area (Å²) in [5, 5.41) is 8.39. The van der Waals surface area contributed by atoms with Crippen LogP contribution >= 0.6 is 23.1 Å². The number of thiophene rings is 1. The molecule has 0 bridgehead atoms. The maximum absolute atomic E-state index is 13.7. The molecule has 0 saturated carbocycles. The molecule has 12 nitrogen and oxygen atoms in total. The summed E-state index contributed by atoms with van der Waals surface area (Å²) in [4.78, 5) is 68.6. The Labute approximate surface area is 315 Å². The van der Waals surface area contributed by atoms with Gasteiger partial charge < -0.3 is 35.1 Å². The number of carbonyl (C=O) groups excluding carboxylic acids is 5. The van der Waals surface area contributed by atoms with Gasteiger partial charge in [0.15, 0.2) is 11.5 Å². The highest BCUT2D eigenvalue weighted by molar-refractivity contribution is 8.00. The van der Waals surface area contributed by atoms with Crippen LogP contribution in [0, 0.1) is 0 Å². The van der Waals surface area contributed by atoms with Gasteiger partial charge in [-0.2, -0.15) is 0 Å². The Morgan fingerprint density at radius 1 is 0.925 bits per heavy atom. The zero-order chi connectivity index (χ0) is 38.1. The van der Waals surface area contributed by atoms with Gasteiger partial charge in [-0.1, -0.05) is 37.3 Å². The molecule has 5 rings (SSSR count). The van der Waals surface area contributed by atoms with E-state index < -0.39 is 23.0 Å². The minimum Gasteiger partial charge on any atom is -0.493 e. The van der Waals surface area contributed by atoms with Gasteiger partial charge in [0, 0.05) is 34.5 Å². The Morgan fingerprint density at radius 3 is 2.36 bits per heavy atom. The highest BCUT2D eigenvalue weighted by Crippen LogP contribution is 2.39. The van der Waals surface area contributed by atoms with Gasteiger partial charge >= 0.3 is 5.97 Å². The van der Waals surface area contributed by atoms with Crippen LogP contribution in [-0.2, 0) is 32.1 Å². The molecule has 0 saturated heterocycles. The van der Waals surface area contributed by atoms with Crippen molar-refractivity contribution in [2.45, 2.75) is 43.4 Å². The molecule has 14 heteroatoms. The molecule has 276 valence electrons. The molecule has 0 aliphatic carbocycles. The lowest BCUT2D eigenvalue weighted by atomic mass is 10.0. The third-order valence-corrected chi connectivity index (χ3v) is 10.9. The molecule has 0 spiro atoms. The molecule has 3 N–H and O–H groups in total. The molecular weight excluding hydrogens is 717 g/mol. The lowest BCUT2D eigenvalue weighted by molar-refractivity contribution is -0.129. The molecule has 4 aromatic rings. The number of hydrogen-bond acceptors (Lipinski definition) is 10. The van der Waals surface area contributed by atoms with E-state index in [4.69, 9.17) is 14.2 Å². The molecule has 1 aliphatic heterocycles. The van der Waals surface area contributed by atoms with Gasteiger partial charge in [0.05, 0.1) is 38.7 Å². The summed E-state index contributed by atoms with van der Waals surface area (Å²) in [6.07, 6.45) is 2.49. The molecule has 1 unspecified atom stereocenters. The average molecular weight is 757 g/mol. The number of esters is 1. The maximum atomic E-state index is 13.7. The van der Waals surface area contributed by atoms with Crippen molar-refractivity contribution in [3.63, 3.8) is 0 Å². The molecule has 0 radical (unpaired) electrons. The van der Waals surface area contributed by atoms with E-state index in [2.05, 4.69) is 16.0 Å². The standard InChI is InChI=1S/C39H40N4O8S2/c1-6-32(37(47)42-38-34(39(48)51-5)28-17-18-43(23(2)44)22-33(28)53-38)52-27-14-10-13-26(21-27)40-36(46)29(41-35(45)25-11-8-7-9-12-25)19-24-15-16-30(49-3)31(20-24)50-4/h7-16,19-21,32H,6,17-18,22H2,1-5H3,(H,40,46)(H,41,45)(H,42,47)/b29-19+. The van der Waals surface area contributed by atoms with Crippen molar-refractivity contribution in [3.05, 3.63) is 106 Å². The van der Waals surface area contributed by atoms with Gasteiger partial charge in [0.1, 0.15) is 10.7 Å². The van der Waals surface area contributed by atoms with Crippen molar-refractivity contribution in [2.75, 3.05) is 38.5 Å². The molecule has 0 fully saturated rings. The number of rotatable bonds is 13. The highest BCUT2D eigenvalue weighted by Gasteiger charge is 2.31. The second kappa shape index (κ2) is 17.8. The fraction of sp³-hybridized carbons (Fsp3) is 0.256. The van der Waals surface area contributed by atoms with Crippen LogP contribution in [0.5, 0.6) is 11.5 Å². The fourth-order valence-electron chi connectivity index (χ4n) is 5.65. The average Bonchev–Trinajstić information content (AvgIpc) is 3.53. The Bertz CT molecular complexity index is 2050. The topological polar surface area (TPSA) is 152 Å². The largest absolute Gasteiger partial charge is 0.493 e. The molecule has 2 heterocycles. The molecule has 53 heavy (non-hydrogen) atoms. The van der Waals surface area contributed by atoms with E-state index in [-0.39, 0.29) is 17.5 Å². The number of carbonyl (C=O) groups is 5. The first-order valence-electron chi connectivity index (χ1n) is 16.7. The Morgan fingerprint density at radius 2 is 1.68 bits per heavy atom. The van der Waals surface area contributed by atoms with E-state index in [1.807, 2.05) is 13.0 Å². The first kappa shape index (κ1) is 38.6. The minimum absolute atomic E-state index is 0.0126. The number of nitrogens with zero attached hydrogens (tertiary/aromatic N) is 1. The van der Waals surface area contributed by atoms with Crippen molar-refractivity contribution in [3.8, 4) is 11.5 Å². The smallest absolute Gasteiger partial charge is 0.341 e. The number of methoxy groups -OCH3 is 3. The minimum atomic E-state index is -0.573. The van der Waals surface area contributed by atoms with Crippen molar-refractivity contribution < 1.29 is 38.2 Å². The Kier molecular flexibility index (Phi) is 12.9. The van der Waals surface area contributed by atoms with Crippen LogP contribution in [0.3, 0.4) is 0 Å². The van der Waals surface area contributed by atoms with Crippen LogP contribution in [0.15, 0.2) is 83.4 Å². The van der Waals surface area contributed by atoms with Gasteiger partial charge in [0.2, 0.25) is 11.8 Å². The second-order valence-corrected chi connectivity index (χ2v) is 14.2. The zero-order valence-corrected chi connectivity index (χ0v) is 31.6. The summed E-state index contributed by atoms with van der Waals surface area (Å²) in [5.41, 5.74) is 2.50. The zero-order valence-electron chi connectivity index (χ0n) is 29.9. The number of fused-ring (bicyclic) bond motifs is 1. The van der Waals surface area contributed by atoms with E-state index in [0.717, 1.165) is 10.4 Å². The summed E-state index contributed by atoms with van der Waals surface area (Å²) in [6, 6.07) is 20.7. The Hall–Kier alpha value is -5.60. The SMILES string of the molecule is CCC(Sc1cccc(NC(=O)/C(=C\c2ccc(OC)c(OC)c2)NC(=O)c2ccccc2)c1)C(=O)Nc1sc2c(c1C(=O)OC)CCN(C(C)=O)C2. The first-order chi connectivity index (χ1) is 25.5. The third kappa shape index (κ3) is 9.45. The van der Waals surface area contributed by atoms with E-state index in [1.54, 1.807) is 71.6 Å². The predicted molar refractivity (Wildman–Crippen MR) is 206 cm³/mol. The molecule has 1 aliphatic rings. The lowest BCUT2D eigenvalue weighted by Crippen LogP contribution is -2.34. The quantitative estimate of drug-likeness (QED) is 0.0803. The van der Waals surface area contributed by atoms with Crippen molar-refractivity contribution in [1.29, 1.82) is 0 Å². The summed E-state index contributed by atoms with van der Waals surface area (Å²) >= 11 is 2.58. The second-order valence-electron chi connectivity index (χ2n) is 11.9. The number of benzene rings is 3. The van der Waals surface area contributed by atoms with Gasteiger partial charge in [-0.25, -0.2) is 4.79 Å². The number of thioether (sulfide) groups is 1.